The van der Waals surface area contributed by atoms with E-state index in [0.29, 0.717) is 0 Å². The molecule has 0 aliphatic carbocycles. The smallest absolute Gasteiger partial charge is 0.0933 e. The topological polar surface area (TPSA) is 19.9 Å². The lowest BCUT2D eigenvalue weighted by Gasteiger charge is -2.52. The molecule has 0 atom stereocenters. The summed E-state index contributed by atoms with van der Waals surface area (Å²) in [6.07, 6.45) is 0. The molecule has 0 aromatic heterocycles. The Balaban J connectivity index is 0.000000281. The van der Waals surface area contributed by atoms with Crippen molar-refractivity contribution in [3.05, 3.63) is 0 Å². The van der Waals surface area contributed by atoms with E-state index in [2.05, 4.69) is 17.1 Å². The molecule has 2 nitrogen and oxygen atoms in total. The van der Waals surface area contributed by atoms with Crippen molar-refractivity contribution < 1.29 is 5.32 Å². The van der Waals surface area contributed by atoms with E-state index in [9.17, 15) is 0 Å². The van der Waals surface area contributed by atoms with Crippen molar-refractivity contribution in [3.8, 4) is 0 Å². The molecule has 1 spiro atoms. The van der Waals surface area contributed by atoms with Gasteiger partial charge in [0.05, 0.1) is 18.5 Å². The zero-order valence-electron chi connectivity index (χ0n) is 8.06. The molecule has 2 aliphatic heterocycles. The molecule has 0 aromatic carbocycles. The van der Waals surface area contributed by atoms with Crippen LogP contribution in [-0.2, 0) is 0 Å². The summed E-state index contributed by atoms with van der Waals surface area (Å²) in [5.74, 6) is 0. The van der Waals surface area contributed by atoms with E-state index in [1.165, 1.54) is 32.7 Å². The molecule has 2 heterocycles. The van der Waals surface area contributed by atoms with Gasteiger partial charge in [-0.25, -0.2) is 0 Å². The molecule has 0 radical (unpaired) electrons. The predicted molar refractivity (Wildman–Crippen MR) is 47.6 cm³/mol. The van der Waals surface area contributed by atoms with E-state index >= 15 is 0 Å². The fourth-order valence-electron chi connectivity index (χ4n) is 1.94. The molecule has 2 rings (SSSR count). The van der Waals surface area contributed by atoms with Crippen LogP contribution in [0, 0.1) is 5.41 Å². The molecule has 2 saturated heterocycles. The lowest BCUT2D eigenvalue weighted by atomic mass is 9.74. The highest BCUT2D eigenvalue weighted by atomic mass is 15.2. The minimum atomic E-state index is 0.788. The quantitative estimate of drug-likeness (QED) is 0.564. The fourth-order valence-corrected chi connectivity index (χ4v) is 1.94. The zero-order chi connectivity index (χ0) is 8.32. The normalized spacial score (nSPS) is 26.5. The molecule has 0 unspecified atom stereocenters. The summed E-state index contributed by atoms with van der Waals surface area (Å²) in [6, 6.07) is 0. The SMILES string of the molecule is CC.CCN1CC2(C[NH2+]C2)C1. The highest BCUT2D eigenvalue weighted by Gasteiger charge is 2.50. The number of quaternary nitrogens is 1. The number of nitrogens with two attached hydrogens (primary N) is 1. The van der Waals surface area contributed by atoms with Gasteiger partial charge in [-0.1, -0.05) is 20.8 Å². The van der Waals surface area contributed by atoms with Crippen molar-refractivity contribution in [3.63, 3.8) is 0 Å². The Bertz CT molecular complexity index is 111. The maximum atomic E-state index is 2.52. The van der Waals surface area contributed by atoms with Gasteiger partial charge in [-0.2, -0.15) is 0 Å². The highest BCUT2D eigenvalue weighted by molar-refractivity contribution is 4.96. The first-order chi connectivity index (χ1) is 5.35. The van der Waals surface area contributed by atoms with E-state index in [1.54, 1.807) is 0 Å². The average Bonchev–Trinajstić information content (AvgIpc) is 1.87. The maximum absolute atomic E-state index is 2.52. The van der Waals surface area contributed by atoms with Crippen molar-refractivity contribution in [2.75, 3.05) is 32.7 Å². The third-order valence-corrected chi connectivity index (χ3v) is 2.72. The largest absolute Gasteiger partial charge is 0.345 e. The minimum absolute atomic E-state index is 0.788. The standard InChI is InChI=1S/C7H14N2.C2H6/c1-2-9-5-7(6-9)3-8-4-7;1-2/h8H,2-6H2,1H3;1-2H3/p+1. The summed E-state index contributed by atoms with van der Waals surface area (Å²) in [7, 11) is 0. The Morgan fingerprint density at radius 2 is 1.82 bits per heavy atom. The number of hydrogen-bond donors (Lipinski definition) is 1. The first-order valence-electron chi connectivity index (χ1n) is 4.89. The van der Waals surface area contributed by atoms with Crippen molar-refractivity contribution in [2.24, 2.45) is 5.41 Å². The summed E-state index contributed by atoms with van der Waals surface area (Å²) in [5, 5.41) is 2.41. The van der Waals surface area contributed by atoms with Gasteiger partial charge in [-0.15, -0.1) is 0 Å². The molecule has 2 N–H and O–H groups in total. The second-order valence-corrected chi connectivity index (χ2v) is 3.50. The Kier molecular flexibility index (Phi) is 2.90. The first-order valence-corrected chi connectivity index (χ1v) is 4.89. The molecule has 2 aliphatic rings. The fraction of sp³-hybridized carbons (Fsp3) is 1.00. The van der Waals surface area contributed by atoms with Crippen LogP contribution in [-0.4, -0.2) is 37.6 Å². The predicted octanol–water partition coefficient (Wildman–Crippen LogP) is -0.0885. The maximum Gasteiger partial charge on any atom is 0.0933 e. The first kappa shape index (κ1) is 9.01. The highest BCUT2D eigenvalue weighted by Crippen LogP contribution is 2.29. The minimum Gasteiger partial charge on any atom is -0.345 e. The Morgan fingerprint density at radius 3 is 2.09 bits per heavy atom. The Morgan fingerprint density at radius 1 is 1.27 bits per heavy atom. The molecule has 11 heavy (non-hydrogen) atoms. The molecular formula is C9H21N2+. The number of likely N-dealkylation sites (tertiary alicyclic amines) is 1. The van der Waals surface area contributed by atoms with Gasteiger partial charge in [-0.3, -0.25) is 0 Å². The van der Waals surface area contributed by atoms with Crippen LogP contribution in [0.2, 0.25) is 0 Å². The number of hydrogen-bond acceptors (Lipinski definition) is 1. The van der Waals surface area contributed by atoms with Gasteiger partial charge in [0.15, 0.2) is 0 Å². The molecule has 0 amide bonds. The van der Waals surface area contributed by atoms with Gasteiger partial charge in [0.25, 0.3) is 0 Å². The molecular weight excluding hydrogens is 136 g/mol. The summed E-state index contributed by atoms with van der Waals surface area (Å²) in [4.78, 5) is 2.52. The third-order valence-electron chi connectivity index (χ3n) is 2.72. The molecule has 66 valence electrons. The average molecular weight is 157 g/mol. The monoisotopic (exact) mass is 157 g/mol. The van der Waals surface area contributed by atoms with Crippen LogP contribution in [0.15, 0.2) is 0 Å². The van der Waals surface area contributed by atoms with Gasteiger partial charge in [0.2, 0.25) is 0 Å². The van der Waals surface area contributed by atoms with Crippen LogP contribution in [0.4, 0.5) is 0 Å². The second kappa shape index (κ2) is 3.55. The van der Waals surface area contributed by atoms with Gasteiger partial charge in [0, 0.05) is 13.1 Å². The molecule has 2 fully saturated rings. The van der Waals surface area contributed by atoms with E-state index in [-0.39, 0.29) is 0 Å². The molecule has 0 aromatic rings. The van der Waals surface area contributed by atoms with E-state index < -0.39 is 0 Å². The molecule has 2 heteroatoms. The van der Waals surface area contributed by atoms with Crippen LogP contribution >= 0.6 is 0 Å². The number of rotatable bonds is 1. The van der Waals surface area contributed by atoms with E-state index in [1.807, 2.05) is 13.8 Å². The third kappa shape index (κ3) is 1.57. The van der Waals surface area contributed by atoms with Gasteiger partial charge < -0.3 is 10.2 Å². The summed E-state index contributed by atoms with van der Waals surface area (Å²) in [6.45, 7) is 13.0. The van der Waals surface area contributed by atoms with Crippen LogP contribution < -0.4 is 5.32 Å². The Hall–Kier alpha value is -0.0800. The van der Waals surface area contributed by atoms with Crippen molar-refractivity contribution >= 4 is 0 Å². The van der Waals surface area contributed by atoms with Crippen molar-refractivity contribution in [1.29, 1.82) is 0 Å². The van der Waals surface area contributed by atoms with E-state index in [0.717, 1.165) is 5.41 Å². The summed E-state index contributed by atoms with van der Waals surface area (Å²) >= 11 is 0. The van der Waals surface area contributed by atoms with E-state index in [4.69, 9.17) is 0 Å². The molecule has 0 bridgehead atoms. The van der Waals surface area contributed by atoms with Crippen LogP contribution in [0.3, 0.4) is 0 Å². The Labute approximate surface area is 70.0 Å². The molecule has 0 saturated carbocycles. The summed E-state index contributed by atoms with van der Waals surface area (Å²) < 4.78 is 0. The van der Waals surface area contributed by atoms with Crippen LogP contribution in [0.5, 0.6) is 0 Å². The van der Waals surface area contributed by atoms with Crippen molar-refractivity contribution in [1.82, 2.24) is 4.90 Å². The lowest BCUT2D eigenvalue weighted by molar-refractivity contribution is -0.747. The number of nitrogens with zero attached hydrogens (tertiary/aromatic N) is 1. The van der Waals surface area contributed by atoms with Crippen molar-refractivity contribution in [2.45, 2.75) is 20.8 Å². The lowest BCUT2D eigenvalue weighted by Crippen LogP contribution is -3.03. The summed E-state index contributed by atoms with van der Waals surface area (Å²) in [5.41, 5.74) is 0.788. The van der Waals surface area contributed by atoms with Gasteiger partial charge >= 0.3 is 0 Å². The van der Waals surface area contributed by atoms with Crippen LogP contribution in [0.1, 0.15) is 20.8 Å². The van der Waals surface area contributed by atoms with Crippen LogP contribution in [0.25, 0.3) is 0 Å². The van der Waals surface area contributed by atoms with Gasteiger partial charge in [-0.05, 0) is 6.54 Å². The second-order valence-electron chi connectivity index (χ2n) is 3.50. The van der Waals surface area contributed by atoms with Gasteiger partial charge in [0.1, 0.15) is 0 Å². The zero-order valence-corrected chi connectivity index (χ0v) is 8.06.